The highest BCUT2D eigenvalue weighted by Crippen LogP contribution is 2.26. The quantitative estimate of drug-likeness (QED) is 0.589. The highest BCUT2D eigenvalue weighted by molar-refractivity contribution is 5.95. The number of hydrogen-bond acceptors (Lipinski definition) is 1. The third-order valence-electron chi connectivity index (χ3n) is 2.70. The first-order valence-corrected chi connectivity index (χ1v) is 5.24. The minimum absolute atomic E-state index is 1.17. The summed E-state index contributed by atoms with van der Waals surface area (Å²) in [6.07, 6.45) is 3.81. The largest absolute Gasteiger partial charge is 0.263 e. The van der Waals surface area contributed by atoms with Gasteiger partial charge >= 0.3 is 0 Å². The summed E-state index contributed by atoms with van der Waals surface area (Å²) in [5.74, 6) is 0. The molecular weight excluding hydrogens is 194 g/mol. The lowest BCUT2D eigenvalue weighted by Crippen LogP contribution is -1.82. The highest BCUT2D eigenvalue weighted by Gasteiger charge is 2.02. The van der Waals surface area contributed by atoms with Crippen molar-refractivity contribution in [3.8, 4) is 11.1 Å². The summed E-state index contributed by atoms with van der Waals surface area (Å²) in [7, 11) is 0. The SMILES string of the molecule is [c]1ccc(-c2cncc3ccccc23)cc1. The fraction of sp³-hybridized carbons (Fsp3) is 0. The number of rotatable bonds is 1. The molecule has 3 aromatic rings. The van der Waals surface area contributed by atoms with E-state index in [4.69, 9.17) is 0 Å². The molecule has 0 aliphatic rings. The van der Waals surface area contributed by atoms with Gasteiger partial charge in [0, 0.05) is 23.3 Å². The van der Waals surface area contributed by atoms with Gasteiger partial charge in [0.25, 0.3) is 0 Å². The van der Waals surface area contributed by atoms with Gasteiger partial charge in [0.05, 0.1) is 0 Å². The molecule has 1 aromatic heterocycles. The van der Waals surface area contributed by atoms with Crippen molar-refractivity contribution in [1.29, 1.82) is 0 Å². The molecule has 16 heavy (non-hydrogen) atoms. The van der Waals surface area contributed by atoms with E-state index >= 15 is 0 Å². The van der Waals surface area contributed by atoms with E-state index < -0.39 is 0 Å². The summed E-state index contributed by atoms with van der Waals surface area (Å²) in [5, 5.41) is 2.41. The molecule has 0 atom stereocenters. The summed E-state index contributed by atoms with van der Waals surface area (Å²) in [6, 6.07) is 19.3. The van der Waals surface area contributed by atoms with Crippen LogP contribution in [0.4, 0.5) is 0 Å². The zero-order valence-electron chi connectivity index (χ0n) is 8.72. The second-order valence-electron chi connectivity index (χ2n) is 3.70. The third kappa shape index (κ3) is 1.47. The monoisotopic (exact) mass is 204 g/mol. The Kier molecular flexibility index (Phi) is 2.15. The van der Waals surface area contributed by atoms with Gasteiger partial charge in [-0.15, -0.1) is 0 Å². The molecule has 0 fully saturated rings. The topological polar surface area (TPSA) is 12.9 Å². The van der Waals surface area contributed by atoms with Crippen molar-refractivity contribution in [3.63, 3.8) is 0 Å². The highest BCUT2D eigenvalue weighted by atomic mass is 14.6. The van der Waals surface area contributed by atoms with Crippen LogP contribution < -0.4 is 0 Å². The van der Waals surface area contributed by atoms with E-state index in [0.717, 1.165) is 0 Å². The molecule has 0 unspecified atom stereocenters. The number of fused-ring (bicyclic) bond motifs is 1. The molecule has 0 aliphatic heterocycles. The predicted molar refractivity (Wildman–Crippen MR) is 66.0 cm³/mol. The van der Waals surface area contributed by atoms with E-state index in [1.165, 1.54) is 21.9 Å². The fourth-order valence-corrected chi connectivity index (χ4v) is 1.91. The maximum absolute atomic E-state index is 4.28. The van der Waals surface area contributed by atoms with Crippen LogP contribution in [0.3, 0.4) is 0 Å². The van der Waals surface area contributed by atoms with Crippen molar-refractivity contribution >= 4 is 10.8 Å². The summed E-state index contributed by atoms with van der Waals surface area (Å²) >= 11 is 0. The van der Waals surface area contributed by atoms with Gasteiger partial charge in [-0.1, -0.05) is 48.5 Å². The molecule has 0 amide bonds. The van der Waals surface area contributed by atoms with E-state index in [1.807, 2.05) is 30.6 Å². The molecule has 0 bridgehead atoms. The molecule has 0 saturated heterocycles. The number of benzene rings is 2. The van der Waals surface area contributed by atoms with Crippen LogP contribution in [0, 0.1) is 6.07 Å². The molecule has 1 radical (unpaired) electrons. The average Bonchev–Trinajstić information content (AvgIpc) is 2.39. The normalized spacial score (nSPS) is 10.5. The Bertz CT molecular complexity index is 609. The van der Waals surface area contributed by atoms with Crippen LogP contribution in [0.15, 0.2) is 60.9 Å². The molecule has 1 nitrogen and oxygen atoms in total. The average molecular weight is 204 g/mol. The molecule has 2 aromatic carbocycles. The van der Waals surface area contributed by atoms with E-state index in [1.54, 1.807) is 0 Å². The maximum Gasteiger partial charge on any atom is 0.0352 e. The third-order valence-corrected chi connectivity index (χ3v) is 2.70. The van der Waals surface area contributed by atoms with Gasteiger partial charge in [-0.05, 0) is 17.0 Å². The smallest absolute Gasteiger partial charge is 0.0352 e. The Morgan fingerprint density at radius 2 is 1.69 bits per heavy atom. The van der Waals surface area contributed by atoms with Gasteiger partial charge in [0.2, 0.25) is 0 Å². The van der Waals surface area contributed by atoms with Crippen LogP contribution in [-0.4, -0.2) is 4.98 Å². The van der Waals surface area contributed by atoms with Gasteiger partial charge in [-0.25, -0.2) is 0 Å². The van der Waals surface area contributed by atoms with Gasteiger partial charge in [0.1, 0.15) is 0 Å². The maximum atomic E-state index is 4.28. The molecule has 75 valence electrons. The van der Waals surface area contributed by atoms with Gasteiger partial charge in [-0.3, -0.25) is 4.98 Å². The second kappa shape index (κ2) is 3.78. The standard InChI is InChI=1S/C15H10N/c1-2-6-12(7-3-1)15-11-16-10-13-8-4-5-9-14(13)15/h2-11H. The lowest BCUT2D eigenvalue weighted by molar-refractivity contribution is 1.36. The lowest BCUT2D eigenvalue weighted by atomic mass is 10.0. The molecule has 1 heteroatoms. The molecule has 3 rings (SSSR count). The van der Waals surface area contributed by atoms with Crippen LogP contribution in [-0.2, 0) is 0 Å². The fourth-order valence-electron chi connectivity index (χ4n) is 1.91. The van der Waals surface area contributed by atoms with Crippen LogP contribution in [0.25, 0.3) is 21.9 Å². The molecule has 0 N–H and O–H groups in total. The van der Waals surface area contributed by atoms with Gasteiger partial charge in [0.15, 0.2) is 0 Å². The van der Waals surface area contributed by atoms with Gasteiger partial charge < -0.3 is 0 Å². The Hall–Kier alpha value is -2.15. The molecule has 0 saturated carbocycles. The van der Waals surface area contributed by atoms with Crippen molar-refractivity contribution in [2.75, 3.05) is 0 Å². The second-order valence-corrected chi connectivity index (χ2v) is 3.70. The summed E-state index contributed by atoms with van der Waals surface area (Å²) in [4.78, 5) is 4.28. The Balaban J connectivity index is 2.32. The Morgan fingerprint density at radius 1 is 0.875 bits per heavy atom. The molecular formula is C15H10N. The predicted octanol–water partition coefficient (Wildman–Crippen LogP) is 3.70. The van der Waals surface area contributed by atoms with E-state index in [9.17, 15) is 0 Å². The van der Waals surface area contributed by atoms with Crippen molar-refractivity contribution in [1.82, 2.24) is 4.98 Å². The summed E-state index contributed by atoms with van der Waals surface area (Å²) < 4.78 is 0. The Morgan fingerprint density at radius 3 is 2.56 bits per heavy atom. The summed E-state index contributed by atoms with van der Waals surface area (Å²) in [5.41, 5.74) is 2.36. The zero-order valence-corrected chi connectivity index (χ0v) is 8.72. The minimum Gasteiger partial charge on any atom is -0.263 e. The minimum atomic E-state index is 1.17. The van der Waals surface area contributed by atoms with Crippen molar-refractivity contribution in [2.24, 2.45) is 0 Å². The van der Waals surface area contributed by atoms with E-state index in [0.29, 0.717) is 0 Å². The van der Waals surface area contributed by atoms with E-state index in [-0.39, 0.29) is 0 Å². The van der Waals surface area contributed by atoms with Crippen molar-refractivity contribution < 1.29 is 0 Å². The zero-order chi connectivity index (χ0) is 10.8. The van der Waals surface area contributed by atoms with Crippen molar-refractivity contribution in [3.05, 3.63) is 67.0 Å². The molecule has 0 aliphatic carbocycles. The van der Waals surface area contributed by atoms with Crippen LogP contribution in [0.5, 0.6) is 0 Å². The van der Waals surface area contributed by atoms with Crippen molar-refractivity contribution in [2.45, 2.75) is 0 Å². The number of aromatic nitrogens is 1. The van der Waals surface area contributed by atoms with Crippen LogP contribution in [0.1, 0.15) is 0 Å². The van der Waals surface area contributed by atoms with Crippen LogP contribution >= 0.6 is 0 Å². The Labute approximate surface area is 94.4 Å². The van der Waals surface area contributed by atoms with Gasteiger partial charge in [-0.2, -0.15) is 0 Å². The number of nitrogens with zero attached hydrogens (tertiary/aromatic N) is 1. The van der Waals surface area contributed by atoms with Crippen LogP contribution in [0.2, 0.25) is 0 Å². The number of pyridine rings is 1. The molecule has 1 heterocycles. The first-order valence-electron chi connectivity index (χ1n) is 5.24. The first-order chi connectivity index (χ1) is 7.95. The van der Waals surface area contributed by atoms with E-state index in [2.05, 4.69) is 41.4 Å². The lowest BCUT2D eigenvalue weighted by Gasteiger charge is -2.05. The number of hydrogen-bond donors (Lipinski definition) is 0. The summed E-state index contributed by atoms with van der Waals surface area (Å²) in [6.45, 7) is 0. The molecule has 0 spiro atoms. The first kappa shape index (κ1) is 9.10.